The smallest absolute Gasteiger partial charge is 0.210 e. The monoisotopic (exact) mass is 534 g/mol. The molecule has 4 N–H and O–H groups in total. The van der Waals surface area contributed by atoms with Gasteiger partial charge in [-0.15, -0.1) is 0 Å². The van der Waals surface area contributed by atoms with Crippen LogP contribution in [0.5, 0.6) is 0 Å². The van der Waals surface area contributed by atoms with Gasteiger partial charge < -0.3 is 10.3 Å². The number of imidazole rings is 1. The zero-order chi connectivity index (χ0) is 20.1. The highest BCUT2D eigenvalue weighted by Gasteiger charge is 2.25. The summed E-state index contributed by atoms with van der Waals surface area (Å²) >= 11 is 3.52. The van der Waals surface area contributed by atoms with Gasteiger partial charge in [0.1, 0.15) is 12.5 Å². The summed E-state index contributed by atoms with van der Waals surface area (Å²) in [7, 11) is -3.68. The number of aryl methyl sites for hydroxylation is 2. The molecule has 0 saturated carbocycles. The number of rotatable bonds is 5. The number of fused-ring (bicyclic) bond motifs is 2. The number of hydrogen-bond acceptors (Lipinski definition) is 7. The highest BCUT2D eigenvalue weighted by atomic mass is 127. The minimum absolute atomic E-state index is 0.0708. The Morgan fingerprint density at radius 3 is 2.89 bits per heavy atom. The van der Waals surface area contributed by atoms with Gasteiger partial charge in [-0.05, 0) is 58.7 Å². The second kappa shape index (κ2) is 7.39. The molecule has 8 nitrogen and oxygen atoms in total. The molecule has 1 aromatic carbocycles. The van der Waals surface area contributed by atoms with Crippen LogP contribution < -0.4 is 10.9 Å². The second-order valence-electron chi connectivity index (χ2n) is 6.43. The first-order valence-corrected chi connectivity index (χ1v) is 12.0. The average Bonchev–Trinajstić information content (AvgIpc) is 3.15. The van der Waals surface area contributed by atoms with E-state index in [1.54, 1.807) is 4.57 Å². The van der Waals surface area contributed by atoms with Crippen molar-refractivity contribution in [1.29, 1.82) is 0 Å². The number of anilines is 1. The van der Waals surface area contributed by atoms with Crippen LogP contribution in [0.1, 0.15) is 23.7 Å². The molecule has 0 bridgehead atoms. The number of alkyl halides is 1. The van der Waals surface area contributed by atoms with E-state index in [-0.39, 0.29) is 18.1 Å². The third-order valence-electron chi connectivity index (χ3n) is 4.52. The third-order valence-corrected chi connectivity index (χ3v) is 7.59. The van der Waals surface area contributed by atoms with Crippen LogP contribution >= 0.6 is 34.4 Å². The number of nitrogen functional groups attached to an aromatic ring is 1. The molecule has 0 aliphatic heterocycles. The van der Waals surface area contributed by atoms with Gasteiger partial charge in [0.15, 0.2) is 22.1 Å². The van der Waals surface area contributed by atoms with Crippen molar-refractivity contribution in [3.05, 3.63) is 33.2 Å². The molecule has 3 aromatic rings. The number of nitrogens with zero attached hydrogens (tertiary/aromatic N) is 4. The Bertz CT molecular complexity index is 1180. The Morgan fingerprint density at radius 1 is 1.36 bits per heavy atom. The van der Waals surface area contributed by atoms with Crippen molar-refractivity contribution in [1.82, 2.24) is 19.5 Å². The Morgan fingerprint density at radius 2 is 2.14 bits per heavy atom. The summed E-state index contributed by atoms with van der Waals surface area (Å²) < 4.78 is 39.7. The van der Waals surface area contributed by atoms with E-state index in [2.05, 4.69) is 37.5 Å². The number of halogens is 2. The summed E-state index contributed by atoms with van der Waals surface area (Å²) in [5.41, 5.74) is 8.45. The lowest BCUT2D eigenvalue weighted by Crippen LogP contribution is -2.20. The molecule has 4 rings (SSSR count). The molecule has 2 heterocycles. The summed E-state index contributed by atoms with van der Waals surface area (Å²) in [6.07, 6.45) is 1.57. The van der Waals surface area contributed by atoms with Gasteiger partial charge in [-0.2, -0.15) is 0 Å². The van der Waals surface area contributed by atoms with Crippen molar-refractivity contribution < 1.29 is 12.8 Å². The fourth-order valence-corrected chi connectivity index (χ4v) is 5.43. The highest BCUT2D eigenvalue weighted by molar-refractivity contribution is 14.1. The maximum Gasteiger partial charge on any atom is 0.210 e. The highest BCUT2D eigenvalue weighted by Crippen LogP contribution is 2.41. The normalized spacial score (nSPS) is 16.6. The molecule has 12 heteroatoms. The van der Waals surface area contributed by atoms with Crippen molar-refractivity contribution in [2.45, 2.75) is 35.6 Å². The van der Waals surface area contributed by atoms with Gasteiger partial charge in [-0.1, -0.05) is 11.8 Å². The molecule has 1 aliphatic carbocycles. The largest absolute Gasteiger partial charge is 0.382 e. The van der Waals surface area contributed by atoms with Crippen LogP contribution in [0.25, 0.3) is 11.2 Å². The SMILES string of the molecule is Nc1ncnc2c1nc(Sc1cc3c(cc1I)CCC3F)n2CCS(N)(=O)=O. The Hall–Kier alpha value is -1.51. The lowest BCUT2D eigenvalue weighted by atomic mass is 10.1. The van der Waals surface area contributed by atoms with E-state index in [1.165, 1.54) is 18.1 Å². The topological polar surface area (TPSA) is 130 Å². The minimum atomic E-state index is -3.68. The number of sulfonamides is 1. The number of aromatic nitrogens is 4. The van der Waals surface area contributed by atoms with Gasteiger partial charge in [0, 0.05) is 15.0 Å². The summed E-state index contributed by atoms with van der Waals surface area (Å²) in [4.78, 5) is 13.5. The average molecular weight is 534 g/mol. The van der Waals surface area contributed by atoms with Gasteiger partial charge in [-0.25, -0.2) is 32.9 Å². The fourth-order valence-electron chi connectivity index (χ4n) is 3.16. The van der Waals surface area contributed by atoms with Crippen LogP contribution in [0.15, 0.2) is 28.5 Å². The van der Waals surface area contributed by atoms with Gasteiger partial charge >= 0.3 is 0 Å². The molecular formula is C16H16FIN6O2S2. The third kappa shape index (κ3) is 3.82. The van der Waals surface area contributed by atoms with Gasteiger partial charge in [0.2, 0.25) is 10.0 Å². The zero-order valence-corrected chi connectivity index (χ0v) is 18.3. The molecule has 148 valence electrons. The summed E-state index contributed by atoms with van der Waals surface area (Å²) in [5, 5.41) is 5.66. The lowest BCUT2D eigenvalue weighted by Gasteiger charge is -2.11. The lowest BCUT2D eigenvalue weighted by molar-refractivity contribution is 0.343. The summed E-state index contributed by atoms with van der Waals surface area (Å²) in [6, 6.07) is 3.83. The number of benzene rings is 1. The first kappa shape index (κ1) is 19.8. The Kier molecular flexibility index (Phi) is 5.22. The Balaban J connectivity index is 1.78. The minimum Gasteiger partial charge on any atom is -0.382 e. The van der Waals surface area contributed by atoms with Crippen LogP contribution in [-0.4, -0.2) is 33.7 Å². The molecule has 0 radical (unpaired) electrons. The van der Waals surface area contributed by atoms with Crippen molar-refractivity contribution >= 4 is 61.4 Å². The maximum atomic E-state index is 14.2. The second-order valence-corrected chi connectivity index (χ2v) is 10.3. The van der Waals surface area contributed by atoms with E-state index >= 15 is 0 Å². The summed E-state index contributed by atoms with van der Waals surface area (Å²) in [6.45, 7) is 0.0708. The van der Waals surface area contributed by atoms with Gasteiger partial charge in [-0.3, -0.25) is 0 Å². The van der Waals surface area contributed by atoms with E-state index in [0.717, 1.165) is 20.4 Å². The van der Waals surface area contributed by atoms with Gasteiger partial charge in [0.05, 0.1) is 5.75 Å². The van der Waals surface area contributed by atoms with Crippen LogP contribution in [0, 0.1) is 3.57 Å². The van der Waals surface area contributed by atoms with Crippen LogP contribution in [0.4, 0.5) is 10.2 Å². The summed E-state index contributed by atoms with van der Waals surface area (Å²) in [5.74, 6) is -0.0716. The van der Waals surface area contributed by atoms with E-state index in [9.17, 15) is 12.8 Å². The first-order chi connectivity index (χ1) is 13.2. The molecular weight excluding hydrogens is 518 g/mol. The van der Waals surface area contributed by atoms with Crippen LogP contribution in [0.3, 0.4) is 0 Å². The number of hydrogen-bond donors (Lipinski definition) is 2. The molecule has 2 aromatic heterocycles. The number of primary sulfonamides is 1. The molecule has 0 amide bonds. The molecule has 0 saturated heterocycles. The molecule has 0 fully saturated rings. The van der Waals surface area contributed by atoms with E-state index in [1.807, 2.05) is 12.1 Å². The predicted octanol–water partition coefficient (Wildman–Crippen LogP) is 2.41. The van der Waals surface area contributed by atoms with Gasteiger partial charge in [0.25, 0.3) is 0 Å². The molecule has 1 unspecified atom stereocenters. The fraction of sp³-hybridized carbons (Fsp3) is 0.312. The first-order valence-electron chi connectivity index (χ1n) is 8.34. The quantitative estimate of drug-likeness (QED) is 0.481. The van der Waals surface area contributed by atoms with Crippen LogP contribution in [0.2, 0.25) is 0 Å². The van der Waals surface area contributed by atoms with E-state index in [0.29, 0.717) is 28.3 Å². The molecule has 0 spiro atoms. The Labute approximate surface area is 178 Å². The zero-order valence-electron chi connectivity index (χ0n) is 14.5. The molecule has 1 atom stereocenters. The van der Waals surface area contributed by atoms with Crippen LogP contribution in [-0.2, 0) is 23.0 Å². The van der Waals surface area contributed by atoms with E-state index < -0.39 is 16.2 Å². The molecule has 28 heavy (non-hydrogen) atoms. The van der Waals surface area contributed by atoms with Crippen molar-refractivity contribution in [2.24, 2.45) is 5.14 Å². The number of nitrogens with two attached hydrogens (primary N) is 2. The standard InChI is InChI=1S/C16H16FIN6O2S2/c17-10-2-1-8-5-11(18)12(6-9(8)10)27-16-23-13-14(19)21-7-22-15(13)24(16)3-4-28(20,25)26/h5-7,10H,1-4H2,(H2,19,21,22)(H2,20,25,26). The van der Waals surface area contributed by atoms with Crippen molar-refractivity contribution in [3.63, 3.8) is 0 Å². The van der Waals surface area contributed by atoms with Crippen molar-refractivity contribution in [3.8, 4) is 0 Å². The van der Waals surface area contributed by atoms with Crippen molar-refractivity contribution in [2.75, 3.05) is 11.5 Å². The maximum absolute atomic E-state index is 14.2. The molecule has 1 aliphatic rings. The predicted molar refractivity (Wildman–Crippen MR) is 113 cm³/mol. The van der Waals surface area contributed by atoms with E-state index in [4.69, 9.17) is 10.9 Å².